The minimum atomic E-state index is -0.716. The van der Waals surface area contributed by atoms with E-state index in [2.05, 4.69) is 5.32 Å². The Morgan fingerprint density at radius 2 is 2.30 bits per heavy atom. The van der Waals surface area contributed by atoms with E-state index < -0.39 is 6.17 Å². The highest BCUT2D eigenvalue weighted by Crippen LogP contribution is 2.29. The second kappa shape index (κ2) is 2.17. The normalized spacial score (nSPS) is 37.5. The summed E-state index contributed by atoms with van der Waals surface area (Å²) in [6.07, 6.45) is 0.856. The third-order valence-corrected chi connectivity index (χ3v) is 2.38. The Labute approximate surface area is 59.7 Å². The Morgan fingerprint density at radius 3 is 2.70 bits per heavy atom. The molecule has 0 saturated carbocycles. The molecule has 2 aliphatic rings. The molecule has 0 aliphatic carbocycles. The van der Waals surface area contributed by atoms with Gasteiger partial charge in [-0.05, 0) is 12.8 Å². The highest BCUT2D eigenvalue weighted by atomic mass is 19.1. The quantitative estimate of drug-likeness (QED) is 0.535. The van der Waals surface area contributed by atoms with E-state index in [1.807, 2.05) is 0 Å². The first-order valence-corrected chi connectivity index (χ1v) is 3.80. The molecule has 0 amide bonds. The van der Waals surface area contributed by atoms with Gasteiger partial charge >= 0.3 is 0 Å². The Kier molecular flexibility index (Phi) is 1.42. The summed E-state index contributed by atoms with van der Waals surface area (Å²) in [5.41, 5.74) is 0.0303. The molecule has 0 radical (unpaired) electrons. The number of alkyl halides is 1. The zero-order valence-corrected chi connectivity index (χ0v) is 5.90. The first-order valence-electron chi connectivity index (χ1n) is 3.80. The van der Waals surface area contributed by atoms with E-state index in [1.54, 1.807) is 0 Å². The summed E-state index contributed by atoms with van der Waals surface area (Å²) in [7, 11) is 0. The van der Waals surface area contributed by atoms with Crippen molar-refractivity contribution >= 4 is 0 Å². The van der Waals surface area contributed by atoms with Crippen LogP contribution < -0.4 is 5.32 Å². The van der Waals surface area contributed by atoms with Gasteiger partial charge in [-0.2, -0.15) is 0 Å². The molecule has 1 N–H and O–H groups in total. The molecule has 0 aromatic carbocycles. The molecule has 3 heteroatoms. The summed E-state index contributed by atoms with van der Waals surface area (Å²) >= 11 is 0. The van der Waals surface area contributed by atoms with Crippen molar-refractivity contribution in [2.75, 3.05) is 19.7 Å². The third kappa shape index (κ3) is 0.935. The predicted octanol–water partition coefficient (Wildman–Crippen LogP) is 0.477. The monoisotopic (exact) mass is 145 g/mol. The van der Waals surface area contributed by atoms with Crippen molar-refractivity contribution in [3.05, 3.63) is 0 Å². The van der Waals surface area contributed by atoms with Crippen LogP contribution in [0.1, 0.15) is 12.8 Å². The number of ether oxygens (including phenoxy) is 1. The second-order valence-electron chi connectivity index (χ2n) is 3.23. The molecule has 2 nitrogen and oxygen atoms in total. The summed E-state index contributed by atoms with van der Waals surface area (Å²) in [6.45, 7) is 2.14. The van der Waals surface area contributed by atoms with E-state index >= 15 is 0 Å². The number of nitrogens with one attached hydrogen (secondary N) is 1. The standard InChI is InChI=1S/C7H12FNO/c8-6-1-2-7(10-3-6)4-9-5-7/h6,9H,1-5H2/t6-/m0/s1. The highest BCUT2D eigenvalue weighted by molar-refractivity contribution is 4.97. The maximum atomic E-state index is 12.5. The summed E-state index contributed by atoms with van der Waals surface area (Å²) in [5, 5.41) is 3.14. The molecule has 2 heterocycles. The van der Waals surface area contributed by atoms with Gasteiger partial charge in [0.25, 0.3) is 0 Å². The lowest BCUT2D eigenvalue weighted by atomic mass is 9.88. The zero-order valence-electron chi connectivity index (χ0n) is 5.90. The largest absolute Gasteiger partial charge is 0.369 e. The fourth-order valence-corrected chi connectivity index (χ4v) is 1.53. The van der Waals surface area contributed by atoms with Gasteiger partial charge in [-0.15, -0.1) is 0 Å². The first kappa shape index (κ1) is 6.55. The Hall–Kier alpha value is -0.150. The van der Waals surface area contributed by atoms with E-state index in [0.717, 1.165) is 19.5 Å². The van der Waals surface area contributed by atoms with Crippen LogP contribution in [0.3, 0.4) is 0 Å². The Bertz CT molecular complexity index is 126. The fourth-order valence-electron chi connectivity index (χ4n) is 1.53. The molecule has 0 aromatic rings. The van der Waals surface area contributed by atoms with Gasteiger partial charge in [-0.25, -0.2) is 4.39 Å². The molecule has 58 valence electrons. The molecule has 1 atom stereocenters. The summed E-state index contributed by atoms with van der Waals surface area (Å²) in [4.78, 5) is 0. The van der Waals surface area contributed by atoms with Gasteiger partial charge < -0.3 is 10.1 Å². The summed E-state index contributed by atoms with van der Waals surface area (Å²) in [6, 6.07) is 0. The molecular weight excluding hydrogens is 133 g/mol. The van der Waals surface area contributed by atoms with Crippen molar-refractivity contribution < 1.29 is 9.13 Å². The van der Waals surface area contributed by atoms with Gasteiger partial charge in [0.1, 0.15) is 6.17 Å². The van der Waals surface area contributed by atoms with Gasteiger partial charge in [0.15, 0.2) is 0 Å². The number of halogens is 1. The molecule has 1 spiro atoms. The molecule has 0 bridgehead atoms. The van der Waals surface area contributed by atoms with E-state index in [9.17, 15) is 4.39 Å². The second-order valence-corrected chi connectivity index (χ2v) is 3.23. The van der Waals surface area contributed by atoms with Gasteiger partial charge in [0.2, 0.25) is 0 Å². The van der Waals surface area contributed by atoms with Crippen LogP contribution in [0, 0.1) is 0 Å². The van der Waals surface area contributed by atoms with Crippen LogP contribution >= 0.6 is 0 Å². The van der Waals surface area contributed by atoms with Crippen LogP contribution in [-0.4, -0.2) is 31.5 Å². The Morgan fingerprint density at radius 1 is 1.50 bits per heavy atom. The van der Waals surface area contributed by atoms with E-state index in [0.29, 0.717) is 13.0 Å². The minimum absolute atomic E-state index is 0.0303. The predicted molar refractivity (Wildman–Crippen MR) is 35.7 cm³/mol. The molecule has 10 heavy (non-hydrogen) atoms. The average Bonchev–Trinajstić information content (AvgIpc) is 1.86. The smallest absolute Gasteiger partial charge is 0.123 e. The topological polar surface area (TPSA) is 21.3 Å². The van der Waals surface area contributed by atoms with Crippen molar-refractivity contribution in [2.24, 2.45) is 0 Å². The van der Waals surface area contributed by atoms with Gasteiger partial charge in [0, 0.05) is 13.1 Å². The van der Waals surface area contributed by atoms with Crippen molar-refractivity contribution in [3.63, 3.8) is 0 Å². The summed E-state index contributed by atoms with van der Waals surface area (Å²) in [5.74, 6) is 0. The van der Waals surface area contributed by atoms with Crippen LogP contribution in [0.15, 0.2) is 0 Å². The maximum absolute atomic E-state index is 12.5. The van der Waals surface area contributed by atoms with Crippen molar-refractivity contribution in [1.82, 2.24) is 5.32 Å². The van der Waals surface area contributed by atoms with Crippen molar-refractivity contribution in [1.29, 1.82) is 0 Å². The third-order valence-electron chi connectivity index (χ3n) is 2.38. The summed E-state index contributed by atoms with van der Waals surface area (Å²) < 4.78 is 17.9. The molecule has 2 fully saturated rings. The molecule has 2 aliphatic heterocycles. The molecule has 0 aromatic heterocycles. The lowest BCUT2D eigenvalue weighted by Gasteiger charge is -2.45. The van der Waals surface area contributed by atoms with Crippen molar-refractivity contribution in [2.45, 2.75) is 24.6 Å². The SMILES string of the molecule is F[C@H]1CCC2(CNC2)OC1. The van der Waals surface area contributed by atoms with Gasteiger partial charge in [-0.1, -0.05) is 0 Å². The zero-order chi connectivity index (χ0) is 7.03. The minimum Gasteiger partial charge on any atom is -0.369 e. The van der Waals surface area contributed by atoms with Crippen LogP contribution in [0.5, 0.6) is 0 Å². The van der Waals surface area contributed by atoms with E-state index in [-0.39, 0.29) is 5.60 Å². The maximum Gasteiger partial charge on any atom is 0.123 e. The van der Waals surface area contributed by atoms with Crippen LogP contribution in [0.4, 0.5) is 4.39 Å². The number of hydrogen-bond acceptors (Lipinski definition) is 2. The Balaban J connectivity index is 1.90. The fraction of sp³-hybridized carbons (Fsp3) is 1.00. The lowest BCUT2D eigenvalue weighted by Crippen LogP contribution is -2.63. The number of hydrogen-bond donors (Lipinski definition) is 1. The van der Waals surface area contributed by atoms with E-state index in [4.69, 9.17) is 4.74 Å². The molecular formula is C7H12FNO. The highest BCUT2D eigenvalue weighted by Gasteiger charge is 2.41. The van der Waals surface area contributed by atoms with Gasteiger partial charge in [0.05, 0.1) is 12.2 Å². The van der Waals surface area contributed by atoms with Gasteiger partial charge in [-0.3, -0.25) is 0 Å². The molecule has 2 saturated heterocycles. The van der Waals surface area contributed by atoms with Crippen LogP contribution in [0.2, 0.25) is 0 Å². The van der Waals surface area contributed by atoms with Crippen LogP contribution in [0.25, 0.3) is 0 Å². The lowest BCUT2D eigenvalue weighted by molar-refractivity contribution is -0.132. The average molecular weight is 145 g/mol. The molecule has 2 rings (SSSR count). The van der Waals surface area contributed by atoms with E-state index in [1.165, 1.54) is 0 Å². The first-order chi connectivity index (χ1) is 4.81. The van der Waals surface area contributed by atoms with Crippen molar-refractivity contribution in [3.8, 4) is 0 Å². The molecule has 0 unspecified atom stereocenters. The number of rotatable bonds is 0. The van der Waals surface area contributed by atoms with Crippen LogP contribution in [-0.2, 0) is 4.74 Å².